The minimum atomic E-state index is -5.08. The predicted octanol–water partition coefficient (Wildman–Crippen LogP) is 6.89. The van der Waals surface area contributed by atoms with E-state index in [1.54, 1.807) is 18.2 Å². The van der Waals surface area contributed by atoms with Crippen molar-refractivity contribution in [3.63, 3.8) is 0 Å². The van der Waals surface area contributed by atoms with Crippen LogP contribution in [0.3, 0.4) is 0 Å². The SMILES string of the molecule is O=C(NC1CCN(CCCc2ccccc2)CC1)c1ccc(-c2cccc(C(F)(F)F)c2)s1.O=C(O)C(F)(F)F. The number of hydrogen-bond donors (Lipinski definition) is 2. The first-order chi connectivity index (χ1) is 18.8. The maximum Gasteiger partial charge on any atom is 0.490 e. The first-order valence-electron chi connectivity index (χ1n) is 12.5. The Kier molecular flexibility index (Phi) is 10.7. The smallest absolute Gasteiger partial charge is 0.475 e. The zero-order valence-electron chi connectivity index (χ0n) is 21.3. The van der Waals surface area contributed by atoms with Crippen LogP contribution >= 0.6 is 11.3 Å². The zero-order chi connectivity index (χ0) is 29.3. The first-order valence-corrected chi connectivity index (χ1v) is 13.3. The molecule has 1 aliphatic rings. The average molecular weight is 587 g/mol. The Hall–Kier alpha value is -3.38. The van der Waals surface area contributed by atoms with E-state index >= 15 is 0 Å². The van der Waals surface area contributed by atoms with Crippen LogP contribution in [0, 0.1) is 0 Å². The minimum absolute atomic E-state index is 0.127. The van der Waals surface area contributed by atoms with E-state index in [1.165, 1.54) is 23.0 Å². The number of thiophene rings is 1. The monoisotopic (exact) mass is 586 g/mol. The summed E-state index contributed by atoms with van der Waals surface area (Å²) in [6.07, 6.45) is -5.46. The van der Waals surface area contributed by atoms with Gasteiger partial charge in [0.15, 0.2) is 0 Å². The van der Waals surface area contributed by atoms with Gasteiger partial charge < -0.3 is 15.3 Å². The van der Waals surface area contributed by atoms with Crippen LogP contribution in [0.1, 0.15) is 40.1 Å². The number of carbonyl (C=O) groups excluding carboxylic acids is 1. The van der Waals surface area contributed by atoms with Gasteiger partial charge in [-0.2, -0.15) is 26.3 Å². The normalized spacial score (nSPS) is 14.8. The quantitative estimate of drug-likeness (QED) is 0.296. The molecule has 1 amide bonds. The summed E-state index contributed by atoms with van der Waals surface area (Å²) in [5.41, 5.74) is 1.15. The van der Waals surface area contributed by atoms with Gasteiger partial charge >= 0.3 is 18.3 Å². The van der Waals surface area contributed by atoms with Gasteiger partial charge in [-0.25, -0.2) is 4.79 Å². The van der Waals surface area contributed by atoms with E-state index in [0.717, 1.165) is 57.5 Å². The standard InChI is InChI=1S/C26H27F3N2OS.C2HF3O2/c27-26(28,29)21-10-4-9-20(18-21)23-11-12-24(33-23)25(32)30-22-13-16-31(17-14-22)15-5-8-19-6-2-1-3-7-19;3-2(4,5)1(6)7/h1-4,6-7,9-12,18,22H,5,8,13-17H2,(H,30,32);(H,6,7). The number of aliphatic carboxylic acids is 1. The van der Waals surface area contributed by atoms with E-state index in [1.807, 2.05) is 6.07 Å². The van der Waals surface area contributed by atoms with Gasteiger partial charge in [0.25, 0.3) is 5.91 Å². The number of nitrogens with one attached hydrogen (secondary N) is 1. The maximum atomic E-state index is 13.0. The van der Waals surface area contributed by atoms with Crippen LogP contribution in [-0.2, 0) is 17.4 Å². The van der Waals surface area contributed by atoms with E-state index in [2.05, 4.69) is 34.5 Å². The van der Waals surface area contributed by atoms with Crippen molar-refractivity contribution in [3.05, 3.63) is 82.7 Å². The summed E-state index contributed by atoms with van der Waals surface area (Å²) in [6, 6.07) is 19.2. The molecule has 40 heavy (non-hydrogen) atoms. The number of benzene rings is 2. The topological polar surface area (TPSA) is 69.6 Å². The predicted molar refractivity (Wildman–Crippen MR) is 140 cm³/mol. The third-order valence-electron chi connectivity index (χ3n) is 6.25. The Bertz CT molecular complexity index is 1250. The molecule has 0 aliphatic carbocycles. The van der Waals surface area contributed by atoms with Gasteiger partial charge in [-0.15, -0.1) is 11.3 Å². The second kappa shape index (κ2) is 13.8. The fourth-order valence-corrected chi connectivity index (χ4v) is 5.08. The van der Waals surface area contributed by atoms with Gasteiger partial charge in [-0.05, 0) is 67.6 Å². The summed E-state index contributed by atoms with van der Waals surface area (Å²) in [6.45, 7) is 2.97. The highest BCUT2D eigenvalue weighted by molar-refractivity contribution is 7.17. The number of aryl methyl sites for hydroxylation is 1. The van der Waals surface area contributed by atoms with Crippen molar-refractivity contribution < 1.29 is 41.0 Å². The highest BCUT2D eigenvalue weighted by Crippen LogP contribution is 2.34. The van der Waals surface area contributed by atoms with Crippen LogP contribution in [0.5, 0.6) is 0 Å². The molecule has 5 nitrogen and oxygen atoms in total. The molecule has 2 heterocycles. The van der Waals surface area contributed by atoms with Crippen molar-refractivity contribution >= 4 is 23.2 Å². The highest BCUT2D eigenvalue weighted by atomic mass is 32.1. The molecule has 2 N–H and O–H groups in total. The van der Waals surface area contributed by atoms with Crippen LogP contribution in [0.15, 0.2) is 66.7 Å². The third kappa shape index (κ3) is 9.67. The number of nitrogens with zero attached hydrogens (tertiary/aromatic N) is 1. The first kappa shape index (κ1) is 31.2. The molecule has 12 heteroatoms. The van der Waals surface area contributed by atoms with E-state index in [9.17, 15) is 31.1 Å². The zero-order valence-corrected chi connectivity index (χ0v) is 22.1. The van der Waals surface area contributed by atoms with Crippen molar-refractivity contribution in [2.24, 2.45) is 0 Å². The van der Waals surface area contributed by atoms with Crippen LogP contribution in [0.25, 0.3) is 10.4 Å². The molecule has 0 saturated carbocycles. The van der Waals surface area contributed by atoms with E-state index in [4.69, 9.17) is 9.90 Å². The van der Waals surface area contributed by atoms with Gasteiger partial charge in [-0.3, -0.25) is 4.79 Å². The Morgan fingerprint density at radius 1 is 0.925 bits per heavy atom. The lowest BCUT2D eigenvalue weighted by Crippen LogP contribution is -2.44. The summed E-state index contributed by atoms with van der Waals surface area (Å²) in [5, 5.41) is 10.2. The molecule has 0 bridgehead atoms. The van der Waals surface area contributed by atoms with Crippen LogP contribution < -0.4 is 5.32 Å². The summed E-state index contributed by atoms with van der Waals surface area (Å²) in [5.74, 6) is -2.91. The van der Waals surface area contributed by atoms with E-state index in [-0.39, 0.29) is 11.9 Å². The number of amides is 1. The summed E-state index contributed by atoms with van der Waals surface area (Å²) >= 11 is 1.22. The average Bonchev–Trinajstić information content (AvgIpc) is 3.41. The molecule has 216 valence electrons. The molecular formula is C28H28F6N2O3S. The van der Waals surface area contributed by atoms with E-state index < -0.39 is 23.9 Å². The lowest BCUT2D eigenvalue weighted by Gasteiger charge is -2.32. The Morgan fingerprint density at radius 2 is 1.57 bits per heavy atom. The Morgan fingerprint density at radius 3 is 2.17 bits per heavy atom. The Balaban J connectivity index is 0.000000559. The molecule has 1 aliphatic heterocycles. The van der Waals surface area contributed by atoms with Gasteiger partial charge in [0.05, 0.1) is 10.4 Å². The summed E-state index contributed by atoms with van der Waals surface area (Å²) < 4.78 is 70.7. The van der Waals surface area contributed by atoms with Crippen LogP contribution in [0.4, 0.5) is 26.3 Å². The van der Waals surface area contributed by atoms with Gasteiger partial charge in [0.1, 0.15) is 0 Å². The second-order valence-electron chi connectivity index (χ2n) is 9.22. The number of carbonyl (C=O) groups is 2. The van der Waals surface area contributed by atoms with Crippen molar-refractivity contribution in [2.45, 2.75) is 44.1 Å². The van der Waals surface area contributed by atoms with Crippen molar-refractivity contribution in [1.82, 2.24) is 10.2 Å². The van der Waals surface area contributed by atoms with Gasteiger partial charge in [0.2, 0.25) is 0 Å². The molecule has 0 atom stereocenters. The van der Waals surface area contributed by atoms with Crippen molar-refractivity contribution in [2.75, 3.05) is 19.6 Å². The number of rotatable bonds is 7. The highest BCUT2D eigenvalue weighted by Gasteiger charge is 2.38. The van der Waals surface area contributed by atoms with Crippen LogP contribution in [0.2, 0.25) is 0 Å². The third-order valence-corrected chi connectivity index (χ3v) is 7.39. The summed E-state index contributed by atoms with van der Waals surface area (Å²) in [4.78, 5) is 25.2. The molecule has 1 aromatic heterocycles. The minimum Gasteiger partial charge on any atom is -0.475 e. The molecule has 3 aromatic rings. The molecule has 1 fully saturated rings. The molecule has 4 rings (SSSR count). The number of alkyl halides is 6. The number of halogens is 6. The van der Waals surface area contributed by atoms with Crippen LogP contribution in [-0.4, -0.2) is 53.7 Å². The Labute approximate surface area is 231 Å². The number of likely N-dealkylation sites (tertiary alicyclic amines) is 1. The van der Waals surface area contributed by atoms with Crippen molar-refractivity contribution in [1.29, 1.82) is 0 Å². The lowest BCUT2D eigenvalue weighted by atomic mass is 10.0. The van der Waals surface area contributed by atoms with E-state index in [0.29, 0.717) is 15.3 Å². The molecule has 0 unspecified atom stereocenters. The largest absolute Gasteiger partial charge is 0.490 e. The van der Waals surface area contributed by atoms with Gasteiger partial charge in [0, 0.05) is 24.0 Å². The molecule has 2 aromatic carbocycles. The van der Waals surface area contributed by atoms with Crippen molar-refractivity contribution in [3.8, 4) is 10.4 Å². The molecule has 1 saturated heterocycles. The fraction of sp³-hybridized carbons (Fsp3) is 0.357. The maximum absolute atomic E-state index is 13.0. The summed E-state index contributed by atoms with van der Waals surface area (Å²) in [7, 11) is 0. The number of carboxylic acids is 1. The number of hydrogen-bond acceptors (Lipinski definition) is 4. The molecule has 0 radical (unpaired) electrons. The second-order valence-corrected chi connectivity index (χ2v) is 10.3. The fourth-order valence-electron chi connectivity index (χ4n) is 4.17. The molecule has 0 spiro atoms. The molecular weight excluding hydrogens is 558 g/mol. The lowest BCUT2D eigenvalue weighted by molar-refractivity contribution is -0.192. The number of carboxylic acid groups (broad SMARTS) is 1. The van der Waals surface area contributed by atoms with Gasteiger partial charge in [-0.1, -0.05) is 42.5 Å². The number of piperidine rings is 1.